The Bertz CT molecular complexity index is 629. The molecule has 0 unspecified atom stereocenters. The number of rotatable bonds is 3. The average Bonchev–Trinajstić information content (AvgIpc) is 2.38. The number of amidine groups is 1. The summed E-state index contributed by atoms with van der Waals surface area (Å²) in [7, 11) is 0. The molecular weight excluding hydrogens is 262 g/mol. The van der Waals surface area contributed by atoms with E-state index in [0.29, 0.717) is 15.7 Å². The maximum Gasteiger partial charge on any atom is 0.194 e. The summed E-state index contributed by atoms with van der Waals surface area (Å²) in [6.07, 6.45) is 1.68. The van der Waals surface area contributed by atoms with Gasteiger partial charge < -0.3 is 10.9 Å². The molecule has 0 aliphatic carbocycles. The quantitative estimate of drug-likeness (QED) is 0.291. The van der Waals surface area contributed by atoms with E-state index in [0.717, 1.165) is 11.4 Å². The van der Waals surface area contributed by atoms with Gasteiger partial charge in [0, 0.05) is 17.6 Å². The van der Waals surface area contributed by atoms with E-state index in [9.17, 15) is 0 Å². The van der Waals surface area contributed by atoms with Crippen molar-refractivity contribution in [3.63, 3.8) is 0 Å². The van der Waals surface area contributed by atoms with Crippen LogP contribution in [0.3, 0.4) is 0 Å². The van der Waals surface area contributed by atoms with E-state index in [1.54, 1.807) is 18.3 Å². The minimum atomic E-state index is 0.0163. The average molecular weight is 275 g/mol. The highest BCUT2D eigenvalue weighted by atomic mass is 32.2. The molecule has 98 valence electrons. The van der Waals surface area contributed by atoms with Crippen molar-refractivity contribution in [2.45, 2.75) is 24.0 Å². The lowest BCUT2D eigenvalue weighted by atomic mass is 10.2. The van der Waals surface area contributed by atoms with Gasteiger partial charge in [0.15, 0.2) is 11.0 Å². The van der Waals surface area contributed by atoms with Gasteiger partial charge in [-0.25, -0.2) is 15.0 Å². The highest BCUT2D eigenvalue weighted by Crippen LogP contribution is 2.26. The van der Waals surface area contributed by atoms with Gasteiger partial charge in [0.2, 0.25) is 0 Å². The molecule has 0 radical (unpaired) electrons. The molecule has 19 heavy (non-hydrogen) atoms. The molecule has 2 aromatic rings. The van der Waals surface area contributed by atoms with Gasteiger partial charge in [-0.3, -0.25) is 0 Å². The lowest BCUT2D eigenvalue weighted by Gasteiger charge is -2.07. The Balaban J connectivity index is 2.41. The van der Waals surface area contributed by atoms with E-state index in [1.165, 1.54) is 11.8 Å². The molecule has 0 atom stereocenters. The van der Waals surface area contributed by atoms with E-state index in [-0.39, 0.29) is 5.84 Å². The van der Waals surface area contributed by atoms with Gasteiger partial charge >= 0.3 is 0 Å². The highest BCUT2D eigenvalue weighted by molar-refractivity contribution is 7.99. The molecule has 0 amide bonds. The second-order valence-corrected chi connectivity index (χ2v) is 4.83. The first-order valence-corrected chi connectivity index (χ1v) is 6.35. The number of nitrogens with two attached hydrogens (primary N) is 1. The van der Waals surface area contributed by atoms with Gasteiger partial charge in [0.05, 0.1) is 5.56 Å². The molecule has 7 heteroatoms. The third kappa shape index (κ3) is 3.19. The predicted octanol–water partition coefficient (Wildman–Crippen LogP) is 1.73. The fraction of sp³-hybridized carbons (Fsp3) is 0.167. The Morgan fingerprint density at radius 3 is 2.63 bits per heavy atom. The summed E-state index contributed by atoms with van der Waals surface area (Å²) >= 11 is 1.28. The first-order valence-electron chi connectivity index (χ1n) is 5.53. The summed E-state index contributed by atoms with van der Waals surface area (Å²) in [6, 6.07) is 5.38. The second-order valence-electron chi connectivity index (χ2n) is 3.87. The SMILES string of the molecule is Cc1ccnc(Sc2nc(C)ccc2C(N)=NO)n1. The van der Waals surface area contributed by atoms with Crippen molar-refractivity contribution < 1.29 is 5.21 Å². The predicted molar refractivity (Wildman–Crippen MR) is 72.4 cm³/mol. The smallest absolute Gasteiger partial charge is 0.194 e. The van der Waals surface area contributed by atoms with Crippen LogP contribution in [0.15, 0.2) is 39.7 Å². The first-order chi connectivity index (χ1) is 9.10. The van der Waals surface area contributed by atoms with Crippen LogP contribution in [0.2, 0.25) is 0 Å². The zero-order valence-electron chi connectivity index (χ0n) is 10.5. The van der Waals surface area contributed by atoms with Gasteiger partial charge in [0.25, 0.3) is 0 Å². The van der Waals surface area contributed by atoms with E-state index >= 15 is 0 Å². The van der Waals surface area contributed by atoms with E-state index in [2.05, 4.69) is 20.1 Å². The molecule has 2 aromatic heterocycles. The number of aryl methyl sites for hydroxylation is 2. The molecule has 0 spiro atoms. The van der Waals surface area contributed by atoms with Crippen LogP contribution in [0.4, 0.5) is 0 Å². The molecule has 0 aromatic carbocycles. The van der Waals surface area contributed by atoms with E-state index in [1.807, 2.05) is 19.9 Å². The Kier molecular flexibility index (Phi) is 3.96. The lowest BCUT2D eigenvalue weighted by Crippen LogP contribution is -2.15. The summed E-state index contributed by atoms with van der Waals surface area (Å²) < 4.78 is 0. The fourth-order valence-corrected chi connectivity index (χ4v) is 2.37. The van der Waals surface area contributed by atoms with Crippen LogP contribution in [-0.4, -0.2) is 26.0 Å². The number of pyridine rings is 1. The van der Waals surface area contributed by atoms with Crippen LogP contribution in [0, 0.1) is 13.8 Å². The molecule has 0 aliphatic heterocycles. The highest BCUT2D eigenvalue weighted by Gasteiger charge is 2.12. The van der Waals surface area contributed by atoms with Gasteiger partial charge in [-0.2, -0.15) is 0 Å². The summed E-state index contributed by atoms with van der Waals surface area (Å²) in [5, 5.41) is 13.0. The van der Waals surface area contributed by atoms with Crippen molar-refractivity contribution in [1.82, 2.24) is 15.0 Å². The van der Waals surface area contributed by atoms with Crippen LogP contribution < -0.4 is 5.73 Å². The molecule has 0 fully saturated rings. The molecule has 2 heterocycles. The zero-order chi connectivity index (χ0) is 13.8. The van der Waals surface area contributed by atoms with Crippen molar-refractivity contribution in [3.8, 4) is 0 Å². The number of nitrogens with zero attached hydrogens (tertiary/aromatic N) is 4. The maximum absolute atomic E-state index is 8.79. The van der Waals surface area contributed by atoms with Gasteiger partial charge in [-0.15, -0.1) is 0 Å². The number of hydrogen-bond acceptors (Lipinski definition) is 6. The molecule has 0 saturated carbocycles. The van der Waals surface area contributed by atoms with E-state index < -0.39 is 0 Å². The van der Waals surface area contributed by atoms with Crippen LogP contribution in [-0.2, 0) is 0 Å². The van der Waals surface area contributed by atoms with Crippen LogP contribution in [0.1, 0.15) is 17.0 Å². The van der Waals surface area contributed by atoms with Crippen molar-refractivity contribution in [2.75, 3.05) is 0 Å². The van der Waals surface area contributed by atoms with Crippen molar-refractivity contribution in [2.24, 2.45) is 10.9 Å². The molecule has 0 aliphatic rings. The maximum atomic E-state index is 8.79. The molecule has 6 nitrogen and oxygen atoms in total. The Labute approximate surface area is 114 Å². The summed E-state index contributed by atoms with van der Waals surface area (Å²) in [5.41, 5.74) is 7.90. The Hall–Kier alpha value is -2.15. The Morgan fingerprint density at radius 1 is 1.21 bits per heavy atom. The summed E-state index contributed by atoms with van der Waals surface area (Å²) in [4.78, 5) is 12.8. The van der Waals surface area contributed by atoms with Crippen LogP contribution >= 0.6 is 11.8 Å². The minimum Gasteiger partial charge on any atom is -0.409 e. The second kappa shape index (κ2) is 5.66. The van der Waals surface area contributed by atoms with Crippen molar-refractivity contribution >= 4 is 17.6 Å². The van der Waals surface area contributed by atoms with Crippen molar-refractivity contribution in [1.29, 1.82) is 0 Å². The number of aromatic nitrogens is 3. The third-order valence-electron chi connectivity index (χ3n) is 2.34. The van der Waals surface area contributed by atoms with Crippen molar-refractivity contribution in [3.05, 3.63) is 41.3 Å². The summed E-state index contributed by atoms with van der Waals surface area (Å²) in [5.74, 6) is 0.0163. The summed E-state index contributed by atoms with van der Waals surface area (Å²) in [6.45, 7) is 3.76. The number of hydrogen-bond donors (Lipinski definition) is 2. The zero-order valence-corrected chi connectivity index (χ0v) is 11.3. The van der Waals surface area contributed by atoms with E-state index in [4.69, 9.17) is 10.9 Å². The third-order valence-corrected chi connectivity index (χ3v) is 3.23. The normalized spacial score (nSPS) is 11.6. The van der Waals surface area contributed by atoms with Gasteiger partial charge in [-0.05, 0) is 43.8 Å². The monoisotopic (exact) mass is 275 g/mol. The molecule has 2 rings (SSSR count). The fourth-order valence-electron chi connectivity index (χ4n) is 1.42. The van der Waals surface area contributed by atoms with Gasteiger partial charge in [0.1, 0.15) is 5.03 Å². The largest absolute Gasteiger partial charge is 0.409 e. The number of oxime groups is 1. The standard InChI is InChI=1S/C12H13N5OS/c1-7-3-4-9(10(13)17-18)11(15-7)19-12-14-6-5-8(2)16-12/h3-6,18H,1-2H3,(H2,13,17). The molecular formula is C12H13N5OS. The van der Waals surface area contributed by atoms with Gasteiger partial charge in [-0.1, -0.05) is 5.16 Å². The Morgan fingerprint density at radius 2 is 1.95 bits per heavy atom. The molecule has 0 bridgehead atoms. The van der Waals surface area contributed by atoms with Crippen LogP contribution in [0.5, 0.6) is 0 Å². The molecule has 0 saturated heterocycles. The molecule has 3 N–H and O–H groups in total. The van der Waals surface area contributed by atoms with Crippen LogP contribution in [0.25, 0.3) is 0 Å². The lowest BCUT2D eigenvalue weighted by molar-refractivity contribution is 0.318. The topological polar surface area (TPSA) is 97.3 Å². The minimum absolute atomic E-state index is 0.0163. The first kappa shape index (κ1) is 13.3.